The quantitative estimate of drug-likeness (QED) is 0.523. The standard InChI is InChI=1S/C9H9NO3/c1-12-8-3-7(10-6-11)4-9(5-8)13-2/h3-5H,1-2H3. The van der Waals surface area contributed by atoms with Crippen molar-refractivity contribution >= 4 is 11.8 Å². The highest BCUT2D eigenvalue weighted by Gasteiger charge is 1.99. The lowest BCUT2D eigenvalue weighted by Gasteiger charge is -2.04. The molecule has 0 spiro atoms. The van der Waals surface area contributed by atoms with Gasteiger partial charge in [-0.2, -0.15) is 4.99 Å². The molecule has 0 fully saturated rings. The Morgan fingerprint density at radius 1 is 1.15 bits per heavy atom. The summed E-state index contributed by atoms with van der Waals surface area (Å²) in [6, 6.07) is 4.94. The molecule has 1 aromatic carbocycles. The minimum Gasteiger partial charge on any atom is -0.497 e. The molecule has 0 unspecified atom stereocenters. The summed E-state index contributed by atoms with van der Waals surface area (Å²) in [6.45, 7) is 0. The van der Waals surface area contributed by atoms with Crippen molar-refractivity contribution in [3.05, 3.63) is 18.2 Å². The van der Waals surface area contributed by atoms with Gasteiger partial charge in [0.2, 0.25) is 6.08 Å². The number of ether oxygens (including phenoxy) is 2. The Morgan fingerprint density at radius 2 is 1.69 bits per heavy atom. The smallest absolute Gasteiger partial charge is 0.240 e. The molecule has 4 nitrogen and oxygen atoms in total. The van der Waals surface area contributed by atoms with E-state index in [1.807, 2.05) is 0 Å². The molecule has 0 aromatic heterocycles. The number of isocyanates is 1. The van der Waals surface area contributed by atoms with Crippen LogP contribution in [0, 0.1) is 0 Å². The van der Waals surface area contributed by atoms with Gasteiger partial charge in [-0.1, -0.05) is 0 Å². The van der Waals surface area contributed by atoms with Gasteiger partial charge in [0.25, 0.3) is 0 Å². The molecule has 0 N–H and O–H groups in total. The number of hydrogen-bond acceptors (Lipinski definition) is 4. The summed E-state index contributed by atoms with van der Waals surface area (Å²) in [5, 5.41) is 0. The van der Waals surface area contributed by atoms with E-state index in [4.69, 9.17) is 9.47 Å². The molecule has 68 valence electrons. The van der Waals surface area contributed by atoms with E-state index in [1.54, 1.807) is 18.2 Å². The molecule has 4 heteroatoms. The summed E-state index contributed by atoms with van der Waals surface area (Å²) in [7, 11) is 3.06. The molecular weight excluding hydrogens is 170 g/mol. The van der Waals surface area contributed by atoms with E-state index in [-0.39, 0.29) is 0 Å². The molecule has 0 aliphatic carbocycles. The zero-order valence-corrected chi connectivity index (χ0v) is 7.40. The SMILES string of the molecule is COc1cc(N=C=O)cc(OC)c1. The van der Waals surface area contributed by atoms with Gasteiger partial charge < -0.3 is 9.47 Å². The van der Waals surface area contributed by atoms with Crippen LogP contribution >= 0.6 is 0 Å². The Hall–Kier alpha value is -1.80. The first-order valence-corrected chi connectivity index (χ1v) is 3.61. The first-order chi connectivity index (χ1) is 6.30. The lowest BCUT2D eigenvalue weighted by atomic mass is 10.3. The van der Waals surface area contributed by atoms with E-state index in [0.29, 0.717) is 17.2 Å². The van der Waals surface area contributed by atoms with Crippen molar-refractivity contribution in [3.8, 4) is 11.5 Å². The van der Waals surface area contributed by atoms with E-state index in [1.165, 1.54) is 20.3 Å². The molecule has 1 rings (SSSR count). The minimum absolute atomic E-state index is 0.464. The highest BCUT2D eigenvalue weighted by atomic mass is 16.5. The van der Waals surface area contributed by atoms with Gasteiger partial charge >= 0.3 is 0 Å². The maximum absolute atomic E-state index is 10.0. The fourth-order valence-corrected chi connectivity index (χ4v) is 0.910. The maximum atomic E-state index is 10.0. The lowest BCUT2D eigenvalue weighted by molar-refractivity contribution is 0.394. The topological polar surface area (TPSA) is 47.9 Å². The monoisotopic (exact) mass is 179 g/mol. The Balaban J connectivity index is 3.14. The van der Waals surface area contributed by atoms with Crippen molar-refractivity contribution in [3.63, 3.8) is 0 Å². The largest absolute Gasteiger partial charge is 0.497 e. The van der Waals surface area contributed by atoms with Gasteiger partial charge in [0.1, 0.15) is 11.5 Å². The van der Waals surface area contributed by atoms with Crippen molar-refractivity contribution in [2.75, 3.05) is 14.2 Å². The molecule has 0 heterocycles. The Kier molecular flexibility index (Phi) is 3.06. The predicted molar refractivity (Wildman–Crippen MR) is 47.3 cm³/mol. The molecule has 0 radical (unpaired) electrons. The van der Waals surface area contributed by atoms with Gasteiger partial charge in [-0.25, -0.2) is 4.79 Å². The van der Waals surface area contributed by atoms with Crippen LogP contribution in [-0.4, -0.2) is 20.3 Å². The second-order valence-electron chi connectivity index (χ2n) is 2.27. The van der Waals surface area contributed by atoms with Crippen molar-refractivity contribution in [1.82, 2.24) is 0 Å². The molecule has 0 aliphatic rings. The van der Waals surface area contributed by atoms with Gasteiger partial charge in [0, 0.05) is 18.2 Å². The van der Waals surface area contributed by atoms with Crippen molar-refractivity contribution in [1.29, 1.82) is 0 Å². The van der Waals surface area contributed by atoms with E-state index < -0.39 is 0 Å². The van der Waals surface area contributed by atoms with E-state index in [9.17, 15) is 4.79 Å². The highest BCUT2D eigenvalue weighted by Crippen LogP contribution is 2.26. The average Bonchev–Trinajstić information content (AvgIpc) is 2.17. The van der Waals surface area contributed by atoms with Crippen molar-refractivity contribution < 1.29 is 14.3 Å². The summed E-state index contributed by atoms with van der Waals surface area (Å²) in [5.74, 6) is 1.18. The van der Waals surface area contributed by atoms with Crippen LogP contribution in [0.2, 0.25) is 0 Å². The molecule has 0 aliphatic heterocycles. The summed E-state index contributed by atoms with van der Waals surface area (Å²) >= 11 is 0. The molecule has 0 bridgehead atoms. The highest BCUT2D eigenvalue weighted by molar-refractivity contribution is 5.55. The third-order valence-corrected chi connectivity index (χ3v) is 1.51. The number of hydrogen-bond donors (Lipinski definition) is 0. The van der Waals surface area contributed by atoms with Crippen LogP contribution in [-0.2, 0) is 4.79 Å². The van der Waals surface area contributed by atoms with Gasteiger partial charge in [-0.15, -0.1) is 0 Å². The summed E-state index contributed by atoms with van der Waals surface area (Å²) in [6.07, 6.45) is 1.45. The van der Waals surface area contributed by atoms with Gasteiger partial charge in [0.15, 0.2) is 0 Å². The van der Waals surface area contributed by atoms with Crippen LogP contribution < -0.4 is 9.47 Å². The van der Waals surface area contributed by atoms with Crippen LogP contribution in [0.4, 0.5) is 5.69 Å². The average molecular weight is 179 g/mol. The van der Waals surface area contributed by atoms with Gasteiger partial charge in [-0.3, -0.25) is 0 Å². The summed E-state index contributed by atoms with van der Waals surface area (Å²) in [5.41, 5.74) is 0.464. The molecule has 1 aromatic rings. The van der Waals surface area contributed by atoms with E-state index >= 15 is 0 Å². The van der Waals surface area contributed by atoms with Crippen molar-refractivity contribution in [2.24, 2.45) is 4.99 Å². The second-order valence-corrected chi connectivity index (χ2v) is 2.27. The number of aliphatic imine (C=N–C) groups is 1. The number of carbonyl (C=O) groups excluding carboxylic acids is 1. The Morgan fingerprint density at radius 3 is 2.08 bits per heavy atom. The molecule has 13 heavy (non-hydrogen) atoms. The molecule has 0 saturated heterocycles. The number of methoxy groups -OCH3 is 2. The van der Waals surface area contributed by atoms with Crippen LogP contribution in [0.15, 0.2) is 23.2 Å². The number of nitrogens with zero attached hydrogens (tertiary/aromatic N) is 1. The third kappa shape index (κ3) is 2.32. The zero-order valence-electron chi connectivity index (χ0n) is 7.40. The molecule has 0 amide bonds. The minimum atomic E-state index is 0.464. The fourth-order valence-electron chi connectivity index (χ4n) is 0.910. The summed E-state index contributed by atoms with van der Waals surface area (Å²) < 4.78 is 9.95. The zero-order chi connectivity index (χ0) is 9.68. The summed E-state index contributed by atoms with van der Waals surface area (Å²) in [4.78, 5) is 13.5. The second kappa shape index (κ2) is 4.28. The first-order valence-electron chi connectivity index (χ1n) is 3.61. The van der Waals surface area contributed by atoms with Crippen LogP contribution in [0.25, 0.3) is 0 Å². The normalized spacial score (nSPS) is 8.77. The number of benzene rings is 1. The van der Waals surface area contributed by atoms with Crippen LogP contribution in [0.3, 0.4) is 0 Å². The van der Waals surface area contributed by atoms with Gasteiger partial charge in [0.05, 0.1) is 19.9 Å². The van der Waals surface area contributed by atoms with E-state index in [0.717, 1.165) is 0 Å². The molecule has 0 atom stereocenters. The maximum Gasteiger partial charge on any atom is 0.240 e. The first kappa shape index (κ1) is 9.29. The predicted octanol–water partition coefficient (Wildman–Crippen LogP) is 1.67. The molecule has 0 saturated carbocycles. The van der Waals surface area contributed by atoms with E-state index in [2.05, 4.69) is 4.99 Å². The third-order valence-electron chi connectivity index (χ3n) is 1.51. The molecular formula is C9H9NO3. The van der Waals surface area contributed by atoms with Crippen molar-refractivity contribution in [2.45, 2.75) is 0 Å². The fraction of sp³-hybridized carbons (Fsp3) is 0.222. The van der Waals surface area contributed by atoms with Gasteiger partial charge in [-0.05, 0) is 0 Å². The van der Waals surface area contributed by atoms with Crippen LogP contribution in [0.5, 0.6) is 11.5 Å². The van der Waals surface area contributed by atoms with Crippen LogP contribution in [0.1, 0.15) is 0 Å². The Labute approximate surface area is 75.8 Å². The number of rotatable bonds is 3. The lowest BCUT2D eigenvalue weighted by Crippen LogP contribution is -1.86. The Bertz CT molecular complexity index is 320.